The van der Waals surface area contributed by atoms with Gasteiger partial charge in [0.15, 0.2) is 17.3 Å². The minimum absolute atomic E-state index is 0.0229. The Balaban J connectivity index is 1.14. The van der Waals surface area contributed by atoms with E-state index in [1.807, 2.05) is 4.90 Å². The van der Waals surface area contributed by atoms with Crippen LogP contribution in [0.1, 0.15) is 72.7 Å². The zero-order valence-corrected chi connectivity index (χ0v) is 26.7. The first-order chi connectivity index (χ1) is 20.6. The monoisotopic (exact) mass is 614 g/mol. The van der Waals surface area contributed by atoms with Gasteiger partial charge in [-0.1, -0.05) is 29.8 Å². The van der Waals surface area contributed by atoms with Gasteiger partial charge in [-0.3, -0.25) is 4.79 Å². The summed E-state index contributed by atoms with van der Waals surface area (Å²) in [6.45, 7) is 5.66. The molecule has 5 rings (SSSR count). The number of hydrogen-bond donors (Lipinski definition) is 1. The minimum atomic E-state index is -3.18. The quantitative estimate of drug-likeness (QED) is 0.453. The molecule has 1 aromatic carbocycles. The highest BCUT2D eigenvalue weighted by atomic mass is 32.2. The maximum atomic E-state index is 13.6. The predicted octanol–water partition coefficient (Wildman–Crippen LogP) is 3.48. The molecule has 3 aliphatic rings. The highest BCUT2D eigenvalue weighted by Gasteiger charge is 2.34. The van der Waals surface area contributed by atoms with Gasteiger partial charge in [0.1, 0.15) is 6.33 Å². The Morgan fingerprint density at radius 3 is 2.40 bits per heavy atom. The van der Waals surface area contributed by atoms with Crippen molar-refractivity contribution >= 4 is 21.7 Å². The molecule has 11 nitrogen and oxygen atoms in total. The molecule has 43 heavy (non-hydrogen) atoms. The lowest BCUT2D eigenvalue weighted by molar-refractivity contribution is -0.0442. The number of sulfonamides is 1. The Labute approximate surface area is 256 Å². The Kier molecular flexibility index (Phi) is 10.2. The van der Waals surface area contributed by atoms with Gasteiger partial charge >= 0.3 is 0 Å². The summed E-state index contributed by atoms with van der Waals surface area (Å²) < 4.78 is 37.4. The summed E-state index contributed by atoms with van der Waals surface area (Å²) in [7, 11) is 0.0370. The normalized spacial score (nSPS) is 23.0. The SMILES string of the molecule is COc1c(NC[C@H]2CCC[C@@H](c3ccc(C)cc3)O2)ncnc1C(=O)N1CCC(N2CCC(N(C)S(C)(=O)=O)CC2)CC1. The molecular weight excluding hydrogens is 568 g/mol. The molecule has 2 atom stereocenters. The van der Waals surface area contributed by atoms with E-state index in [9.17, 15) is 13.2 Å². The van der Waals surface area contributed by atoms with Crippen LogP contribution in [0.4, 0.5) is 5.82 Å². The van der Waals surface area contributed by atoms with E-state index in [4.69, 9.17) is 9.47 Å². The number of carbonyl (C=O) groups excluding carboxylic acids is 1. The number of likely N-dealkylation sites (tertiary alicyclic amines) is 2. The number of piperidine rings is 2. The van der Waals surface area contributed by atoms with Crippen molar-refractivity contribution in [2.24, 2.45) is 0 Å². The molecule has 1 aromatic heterocycles. The zero-order chi connectivity index (χ0) is 30.6. The molecule has 0 saturated carbocycles. The van der Waals surface area contributed by atoms with Gasteiger partial charge in [0.2, 0.25) is 10.0 Å². The van der Waals surface area contributed by atoms with Crippen molar-refractivity contribution in [3.8, 4) is 5.75 Å². The molecule has 0 radical (unpaired) electrons. The Bertz CT molecular complexity index is 1340. The first kappa shape index (κ1) is 31.6. The molecule has 3 aliphatic heterocycles. The van der Waals surface area contributed by atoms with Gasteiger partial charge < -0.3 is 24.6 Å². The van der Waals surface area contributed by atoms with E-state index in [1.54, 1.807) is 14.2 Å². The minimum Gasteiger partial charge on any atom is -0.491 e. The van der Waals surface area contributed by atoms with Crippen LogP contribution in [0.15, 0.2) is 30.6 Å². The molecule has 0 unspecified atom stereocenters. The number of anilines is 1. The second kappa shape index (κ2) is 13.9. The lowest BCUT2D eigenvalue weighted by Crippen LogP contribution is -2.52. The zero-order valence-electron chi connectivity index (χ0n) is 25.9. The molecule has 0 spiro atoms. The fourth-order valence-electron chi connectivity index (χ4n) is 6.60. The molecule has 4 heterocycles. The summed E-state index contributed by atoms with van der Waals surface area (Å²) >= 11 is 0. The molecule has 2 aromatic rings. The van der Waals surface area contributed by atoms with Gasteiger partial charge in [0.25, 0.3) is 5.91 Å². The van der Waals surface area contributed by atoms with Gasteiger partial charge in [-0.05, 0) is 70.5 Å². The summed E-state index contributed by atoms with van der Waals surface area (Å²) in [6.07, 6.45) is 9.23. The third-order valence-electron chi connectivity index (χ3n) is 9.31. The standard InChI is InChI=1S/C31H46N6O5S/c1-22-8-10-23(11-9-22)27-7-5-6-26(42-27)20-32-30-29(41-3)28(33-21-34-30)31(38)37-18-14-25(15-19-37)36-16-12-24(13-17-36)35(2)43(4,39)40/h8-11,21,24-27H,5-7,12-20H2,1-4H3,(H,32,33,34)/t26-,27+/m1/s1. The number of nitrogens with one attached hydrogen (secondary N) is 1. The molecule has 0 aliphatic carbocycles. The van der Waals surface area contributed by atoms with Gasteiger partial charge in [0.05, 0.1) is 25.6 Å². The van der Waals surface area contributed by atoms with Crippen LogP contribution in [0.2, 0.25) is 0 Å². The number of aryl methyl sites for hydroxylation is 1. The first-order valence-electron chi connectivity index (χ1n) is 15.4. The van der Waals surface area contributed by atoms with Crippen LogP contribution in [-0.4, -0.2) is 110 Å². The maximum absolute atomic E-state index is 13.6. The molecular formula is C31H46N6O5S. The average Bonchev–Trinajstić information content (AvgIpc) is 3.03. The van der Waals surface area contributed by atoms with Crippen molar-refractivity contribution in [2.75, 3.05) is 58.5 Å². The van der Waals surface area contributed by atoms with Crippen molar-refractivity contribution in [2.45, 2.75) is 76.2 Å². The van der Waals surface area contributed by atoms with Gasteiger partial charge in [0, 0.05) is 38.8 Å². The van der Waals surface area contributed by atoms with E-state index >= 15 is 0 Å². The number of amides is 1. The number of hydrogen-bond acceptors (Lipinski definition) is 9. The molecule has 3 saturated heterocycles. The molecule has 12 heteroatoms. The molecule has 0 bridgehead atoms. The second-order valence-corrected chi connectivity index (χ2v) is 14.2. The second-order valence-electron chi connectivity index (χ2n) is 12.1. The van der Waals surface area contributed by atoms with Crippen molar-refractivity contribution in [3.63, 3.8) is 0 Å². The largest absolute Gasteiger partial charge is 0.491 e. The third kappa shape index (κ3) is 7.65. The van der Waals surface area contributed by atoms with Crippen molar-refractivity contribution in [3.05, 3.63) is 47.4 Å². The summed E-state index contributed by atoms with van der Waals surface area (Å²) in [4.78, 5) is 26.6. The van der Waals surface area contributed by atoms with Crippen LogP contribution < -0.4 is 10.1 Å². The van der Waals surface area contributed by atoms with E-state index in [1.165, 1.54) is 28.0 Å². The van der Waals surface area contributed by atoms with Gasteiger partial charge in [-0.15, -0.1) is 0 Å². The van der Waals surface area contributed by atoms with Crippen molar-refractivity contribution in [1.29, 1.82) is 0 Å². The summed E-state index contributed by atoms with van der Waals surface area (Å²) in [5.74, 6) is 0.707. The summed E-state index contributed by atoms with van der Waals surface area (Å²) in [5, 5.41) is 3.36. The van der Waals surface area contributed by atoms with Crippen LogP contribution in [0.5, 0.6) is 5.75 Å². The van der Waals surface area contributed by atoms with E-state index in [2.05, 4.69) is 51.4 Å². The number of methoxy groups -OCH3 is 1. The van der Waals surface area contributed by atoms with Crippen molar-refractivity contribution in [1.82, 2.24) is 24.1 Å². The highest BCUT2D eigenvalue weighted by Crippen LogP contribution is 2.33. The molecule has 1 amide bonds. The predicted molar refractivity (Wildman–Crippen MR) is 166 cm³/mol. The summed E-state index contributed by atoms with van der Waals surface area (Å²) in [5.41, 5.74) is 2.71. The van der Waals surface area contributed by atoms with E-state index in [0.717, 1.165) is 58.0 Å². The van der Waals surface area contributed by atoms with Gasteiger partial charge in [-0.25, -0.2) is 22.7 Å². The Hall–Kier alpha value is -2.80. The number of carbonyl (C=O) groups is 1. The number of nitrogens with zero attached hydrogens (tertiary/aromatic N) is 5. The average molecular weight is 615 g/mol. The van der Waals surface area contributed by atoms with E-state index < -0.39 is 10.0 Å². The third-order valence-corrected chi connectivity index (χ3v) is 10.7. The number of ether oxygens (including phenoxy) is 2. The first-order valence-corrected chi connectivity index (χ1v) is 17.3. The van der Waals surface area contributed by atoms with Gasteiger partial charge in [-0.2, -0.15) is 0 Å². The Morgan fingerprint density at radius 1 is 1.05 bits per heavy atom. The van der Waals surface area contributed by atoms with E-state index in [0.29, 0.717) is 37.2 Å². The number of rotatable bonds is 9. The fourth-order valence-corrected chi connectivity index (χ4v) is 7.35. The topological polar surface area (TPSA) is 117 Å². The van der Waals surface area contributed by atoms with E-state index in [-0.39, 0.29) is 29.9 Å². The molecule has 3 fully saturated rings. The smallest absolute Gasteiger partial charge is 0.276 e. The number of benzene rings is 1. The fraction of sp³-hybridized carbons (Fsp3) is 0.645. The lowest BCUT2D eigenvalue weighted by atomic mass is 9.97. The molecule has 1 N–H and O–H groups in total. The maximum Gasteiger partial charge on any atom is 0.276 e. The lowest BCUT2D eigenvalue weighted by Gasteiger charge is -2.43. The summed E-state index contributed by atoms with van der Waals surface area (Å²) in [6, 6.07) is 8.98. The van der Waals surface area contributed by atoms with Crippen molar-refractivity contribution < 1.29 is 22.7 Å². The molecule has 236 valence electrons. The Morgan fingerprint density at radius 2 is 1.74 bits per heavy atom. The van der Waals surface area contributed by atoms with Crippen LogP contribution in [0, 0.1) is 6.92 Å². The van der Waals surface area contributed by atoms with Crippen LogP contribution in [0.25, 0.3) is 0 Å². The van der Waals surface area contributed by atoms with Crippen LogP contribution in [0.3, 0.4) is 0 Å². The van der Waals surface area contributed by atoms with Crippen LogP contribution in [-0.2, 0) is 14.8 Å². The van der Waals surface area contributed by atoms with Crippen LogP contribution >= 0.6 is 0 Å². The number of aromatic nitrogens is 2. The highest BCUT2D eigenvalue weighted by molar-refractivity contribution is 7.88.